The number of aromatic carboxylic acids is 1. The molecule has 0 aliphatic heterocycles. The molecule has 20 heavy (non-hydrogen) atoms. The fraction of sp³-hybridized carbons (Fsp3) is 0. The first-order chi connectivity index (χ1) is 9.47. The number of rotatable bonds is 3. The molecular formula is C13H8BrClN2O3. The number of carboxylic acid groups (broad SMARTS) is 1. The van der Waals surface area contributed by atoms with Gasteiger partial charge in [0.05, 0.1) is 5.56 Å². The predicted octanol–water partition coefficient (Wildman–Crippen LogP) is 3.45. The van der Waals surface area contributed by atoms with E-state index in [9.17, 15) is 9.59 Å². The molecule has 1 aromatic carbocycles. The Morgan fingerprint density at radius 1 is 1.25 bits per heavy atom. The molecule has 0 fully saturated rings. The first kappa shape index (κ1) is 14.5. The van der Waals surface area contributed by atoms with Crippen LogP contribution in [0.25, 0.3) is 0 Å². The van der Waals surface area contributed by atoms with E-state index in [4.69, 9.17) is 16.7 Å². The third-order valence-corrected chi connectivity index (χ3v) is 3.34. The van der Waals surface area contributed by atoms with Crippen LogP contribution in [0.2, 0.25) is 5.02 Å². The van der Waals surface area contributed by atoms with Gasteiger partial charge in [0, 0.05) is 21.4 Å². The summed E-state index contributed by atoms with van der Waals surface area (Å²) in [6, 6.07) is 7.46. The highest BCUT2D eigenvalue weighted by molar-refractivity contribution is 9.10. The van der Waals surface area contributed by atoms with E-state index in [1.165, 1.54) is 18.3 Å². The highest BCUT2D eigenvalue weighted by Crippen LogP contribution is 2.21. The van der Waals surface area contributed by atoms with Gasteiger partial charge in [-0.3, -0.25) is 9.78 Å². The van der Waals surface area contributed by atoms with Gasteiger partial charge in [-0.2, -0.15) is 0 Å². The molecule has 7 heteroatoms. The third-order valence-electron chi connectivity index (χ3n) is 2.41. The van der Waals surface area contributed by atoms with Gasteiger partial charge in [0.15, 0.2) is 0 Å². The molecule has 0 bridgehead atoms. The van der Waals surface area contributed by atoms with Gasteiger partial charge in [-0.25, -0.2) is 4.79 Å². The average molecular weight is 356 g/mol. The fourth-order valence-corrected chi connectivity index (χ4v) is 2.07. The highest BCUT2D eigenvalue weighted by atomic mass is 79.9. The molecular weight excluding hydrogens is 348 g/mol. The van der Waals surface area contributed by atoms with Crippen molar-refractivity contribution in [1.29, 1.82) is 0 Å². The Kier molecular flexibility index (Phi) is 4.36. The predicted molar refractivity (Wildman–Crippen MR) is 78.3 cm³/mol. The zero-order chi connectivity index (χ0) is 14.7. The van der Waals surface area contributed by atoms with Crippen molar-refractivity contribution in [2.75, 3.05) is 5.32 Å². The summed E-state index contributed by atoms with van der Waals surface area (Å²) in [5, 5.41) is 12.0. The van der Waals surface area contributed by atoms with Crippen LogP contribution in [-0.4, -0.2) is 22.0 Å². The van der Waals surface area contributed by atoms with Crippen LogP contribution in [0.3, 0.4) is 0 Å². The van der Waals surface area contributed by atoms with Crippen molar-refractivity contribution in [3.05, 3.63) is 57.3 Å². The number of carbonyl (C=O) groups excluding carboxylic acids is 1. The Hall–Kier alpha value is -1.92. The molecule has 5 nitrogen and oxygen atoms in total. The highest BCUT2D eigenvalue weighted by Gasteiger charge is 2.12. The van der Waals surface area contributed by atoms with E-state index in [-0.39, 0.29) is 11.3 Å². The Morgan fingerprint density at radius 2 is 2.00 bits per heavy atom. The molecule has 0 radical (unpaired) electrons. The van der Waals surface area contributed by atoms with Crippen molar-refractivity contribution in [3.8, 4) is 0 Å². The normalized spacial score (nSPS) is 10.1. The first-order valence-corrected chi connectivity index (χ1v) is 6.60. The third kappa shape index (κ3) is 3.34. The van der Waals surface area contributed by atoms with E-state index in [0.717, 1.165) is 0 Å². The van der Waals surface area contributed by atoms with Crippen molar-refractivity contribution in [3.63, 3.8) is 0 Å². The Labute approximate surface area is 127 Å². The van der Waals surface area contributed by atoms with Crippen LogP contribution in [-0.2, 0) is 0 Å². The molecule has 0 saturated heterocycles. The van der Waals surface area contributed by atoms with Crippen LogP contribution in [0.15, 0.2) is 41.0 Å². The molecule has 2 rings (SSSR count). The lowest BCUT2D eigenvalue weighted by atomic mass is 10.2. The largest absolute Gasteiger partial charge is 0.478 e. The van der Waals surface area contributed by atoms with Crippen molar-refractivity contribution >= 4 is 45.1 Å². The quantitative estimate of drug-likeness (QED) is 0.884. The molecule has 0 unspecified atom stereocenters. The summed E-state index contributed by atoms with van der Waals surface area (Å²) in [6.07, 6.45) is 1.42. The summed E-state index contributed by atoms with van der Waals surface area (Å²) >= 11 is 8.90. The van der Waals surface area contributed by atoms with Crippen LogP contribution in [0.4, 0.5) is 5.69 Å². The second-order valence-electron chi connectivity index (χ2n) is 3.81. The molecule has 1 amide bonds. The smallest absolute Gasteiger partial charge is 0.336 e. The number of pyridine rings is 1. The molecule has 2 aromatic rings. The van der Waals surface area contributed by atoms with Gasteiger partial charge in [0.25, 0.3) is 5.91 Å². The van der Waals surface area contributed by atoms with Gasteiger partial charge in [0.1, 0.15) is 5.69 Å². The summed E-state index contributed by atoms with van der Waals surface area (Å²) in [5.74, 6) is -1.56. The number of hydrogen-bond donors (Lipinski definition) is 2. The maximum absolute atomic E-state index is 11.9. The standard InChI is InChI=1S/C13H8BrClN2O3/c14-10-2-1-8(6-9(10)13(19)20)17-12(18)11-5-7(15)3-4-16-11/h1-6H,(H,17,18)(H,19,20). The number of hydrogen-bond acceptors (Lipinski definition) is 3. The lowest BCUT2D eigenvalue weighted by Crippen LogP contribution is -2.14. The fourth-order valence-electron chi connectivity index (χ4n) is 1.49. The van der Waals surface area contributed by atoms with Crippen LogP contribution < -0.4 is 5.32 Å². The molecule has 0 aliphatic carbocycles. The van der Waals surface area contributed by atoms with Gasteiger partial charge < -0.3 is 10.4 Å². The molecule has 102 valence electrons. The number of carbonyl (C=O) groups is 2. The van der Waals surface area contributed by atoms with Gasteiger partial charge in [0.2, 0.25) is 0 Å². The molecule has 1 aromatic heterocycles. The molecule has 0 atom stereocenters. The minimum Gasteiger partial charge on any atom is -0.478 e. The lowest BCUT2D eigenvalue weighted by Gasteiger charge is -2.07. The van der Waals surface area contributed by atoms with Crippen molar-refractivity contribution in [1.82, 2.24) is 4.98 Å². The van der Waals surface area contributed by atoms with Gasteiger partial charge in [-0.15, -0.1) is 0 Å². The number of aromatic nitrogens is 1. The van der Waals surface area contributed by atoms with Gasteiger partial charge in [-0.1, -0.05) is 11.6 Å². The second-order valence-corrected chi connectivity index (χ2v) is 5.10. The SMILES string of the molecule is O=C(Nc1ccc(Br)c(C(=O)O)c1)c1cc(Cl)ccn1. The summed E-state index contributed by atoms with van der Waals surface area (Å²) in [7, 11) is 0. The zero-order valence-electron chi connectivity index (χ0n) is 9.93. The minimum atomic E-state index is -1.09. The van der Waals surface area contributed by atoms with E-state index in [1.54, 1.807) is 18.2 Å². The monoisotopic (exact) mass is 354 g/mol. The van der Waals surface area contributed by atoms with Crippen molar-refractivity contribution < 1.29 is 14.7 Å². The van der Waals surface area contributed by atoms with Crippen molar-refractivity contribution in [2.45, 2.75) is 0 Å². The van der Waals surface area contributed by atoms with Crippen LogP contribution >= 0.6 is 27.5 Å². The van der Waals surface area contributed by atoms with Crippen molar-refractivity contribution in [2.24, 2.45) is 0 Å². The van der Waals surface area contributed by atoms with Crippen LogP contribution in [0, 0.1) is 0 Å². The topological polar surface area (TPSA) is 79.3 Å². The zero-order valence-corrected chi connectivity index (χ0v) is 12.3. The Balaban J connectivity index is 2.24. The summed E-state index contributed by atoms with van der Waals surface area (Å²) in [4.78, 5) is 26.8. The lowest BCUT2D eigenvalue weighted by molar-refractivity contribution is 0.0695. The number of benzene rings is 1. The van der Waals surface area contributed by atoms with Gasteiger partial charge >= 0.3 is 5.97 Å². The number of nitrogens with one attached hydrogen (secondary N) is 1. The number of nitrogens with zero attached hydrogens (tertiary/aromatic N) is 1. The number of amides is 1. The molecule has 0 aliphatic rings. The Bertz CT molecular complexity index is 691. The van der Waals surface area contributed by atoms with E-state index in [0.29, 0.717) is 15.2 Å². The maximum Gasteiger partial charge on any atom is 0.336 e. The van der Waals surface area contributed by atoms with E-state index >= 15 is 0 Å². The number of anilines is 1. The summed E-state index contributed by atoms with van der Waals surface area (Å²) in [6.45, 7) is 0. The van der Waals surface area contributed by atoms with E-state index < -0.39 is 11.9 Å². The molecule has 0 saturated carbocycles. The summed E-state index contributed by atoms with van der Waals surface area (Å²) in [5.41, 5.74) is 0.566. The Morgan fingerprint density at radius 3 is 2.65 bits per heavy atom. The number of halogens is 2. The van der Waals surface area contributed by atoms with E-state index in [1.807, 2.05) is 0 Å². The first-order valence-electron chi connectivity index (χ1n) is 5.43. The van der Waals surface area contributed by atoms with Gasteiger partial charge in [-0.05, 0) is 46.3 Å². The molecule has 1 heterocycles. The van der Waals surface area contributed by atoms with Crippen LogP contribution in [0.5, 0.6) is 0 Å². The van der Waals surface area contributed by atoms with E-state index in [2.05, 4.69) is 26.2 Å². The summed E-state index contributed by atoms with van der Waals surface area (Å²) < 4.78 is 0.434. The number of carboxylic acids is 1. The maximum atomic E-state index is 11.9. The van der Waals surface area contributed by atoms with Crippen LogP contribution in [0.1, 0.15) is 20.8 Å². The molecule has 0 spiro atoms. The molecule has 2 N–H and O–H groups in total. The second kappa shape index (κ2) is 6.02. The average Bonchev–Trinajstić information content (AvgIpc) is 2.40. The minimum absolute atomic E-state index is 0.0573.